The molecule has 116 valence electrons. The van der Waals surface area contributed by atoms with Crippen molar-refractivity contribution in [1.29, 1.82) is 5.26 Å². The summed E-state index contributed by atoms with van der Waals surface area (Å²) < 4.78 is 53.2. The number of nitrogens with zero attached hydrogens (tertiary/aromatic N) is 3. The fourth-order valence-electron chi connectivity index (χ4n) is 2.01. The molecule has 0 bridgehead atoms. The van der Waals surface area contributed by atoms with Gasteiger partial charge in [0.2, 0.25) is 0 Å². The van der Waals surface area contributed by atoms with Crippen LogP contribution in [0.5, 0.6) is 0 Å². The molecule has 0 fully saturated rings. The summed E-state index contributed by atoms with van der Waals surface area (Å²) in [6.07, 6.45) is -3.69. The molecule has 1 aromatic carbocycles. The van der Waals surface area contributed by atoms with Gasteiger partial charge in [0.15, 0.2) is 5.69 Å². The summed E-state index contributed by atoms with van der Waals surface area (Å²) in [5, 5.41) is 20.9. The first-order valence-electron chi connectivity index (χ1n) is 6.28. The Labute approximate surface area is 123 Å². The highest BCUT2D eigenvalue weighted by atomic mass is 19.4. The zero-order chi connectivity index (χ0) is 16.3. The third kappa shape index (κ3) is 3.43. The highest BCUT2D eigenvalue weighted by molar-refractivity contribution is 5.33. The number of aliphatic hydroxyl groups excluding tert-OH is 1. The zero-order valence-electron chi connectivity index (χ0n) is 11.2. The van der Waals surface area contributed by atoms with Gasteiger partial charge in [-0.05, 0) is 18.6 Å². The lowest BCUT2D eigenvalue weighted by atomic mass is 10.1. The molecule has 4 nitrogen and oxygen atoms in total. The summed E-state index contributed by atoms with van der Waals surface area (Å²) in [7, 11) is 0. The van der Waals surface area contributed by atoms with E-state index in [2.05, 4.69) is 5.10 Å². The first-order valence-corrected chi connectivity index (χ1v) is 6.28. The lowest BCUT2D eigenvalue weighted by Crippen LogP contribution is -2.11. The molecule has 0 aliphatic rings. The zero-order valence-corrected chi connectivity index (χ0v) is 11.2. The first kappa shape index (κ1) is 16.0. The molecule has 0 aliphatic carbocycles. The topological polar surface area (TPSA) is 61.8 Å². The maximum atomic E-state index is 13.8. The Kier molecular flexibility index (Phi) is 4.47. The Morgan fingerprint density at radius 3 is 2.55 bits per heavy atom. The summed E-state index contributed by atoms with van der Waals surface area (Å²) in [4.78, 5) is 0. The minimum atomic E-state index is -4.64. The van der Waals surface area contributed by atoms with Gasteiger partial charge in [-0.3, -0.25) is 4.68 Å². The molecule has 2 rings (SSSR count). The number of nitriles is 1. The van der Waals surface area contributed by atoms with Crippen LogP contribution in [0, 0.1) is 17.1 Å². The molecule has 0 unspecified atom stereocenters. The second-order valence-corrected chi connectivity index (χ2v) is 4.59. The van der Waals surface area contributed by atoms with Crippen LogP contribution in [-0.4, -0.2) is 21.5 Å². The van der Waals surface area contributed by atoms with Crippen molar-refractivity contribution in [2.45, 2.75) is 19.1 Å². The van der Waals surface area contributed by atoms with E-state index in [0.29, 0.717) is 0 Å². The van der Waals surface area contributed by atoms with Crippen LogP contribution < -0.4 is 0 Å². The predicted molar refractivity (Wildman–Crippen MR) is 68.2 cm³/mol. The minimum absolute atomic E-state index is 0.116. The van der Waals surface area contributed by atoms with E-state index < -0.39 is 24.3 Å². The lowest BCUT2D eigenvalue weighted by molar-refractivity contribution is -0.142. The van der Waals surface area contributed by atoms with E-state index in [1.54, 1.807) is 6.07 Å². The smallest absolute Gasteiger partial charge is 0.396 e. The first-order chi connectivity index (χ1) is 10.3. The van der Waals surface area contributed by atoms with Gasteiger partial charge in [0.25, 0.3) is 0 Å². The Bertz CT molecular complexity index is 716. The predicted octanol–water partition coefficient (Wildman–Crippen LogP) is 2.50. The van der Waals surface area contributed by atoms with Crippen LogP contribution in [0.25, 0.3) is 0 Å². The second-order valence-electron chi connectivity index (χ2n) is 4.59. The fourth-order valence-corrected chi connectivity index (χ4v) is 2.01. The van der Waals surface area contributed by atoms with E-state index in [9.17, 15) is 17.6 Å². The fraction of sp³-hybridized carbons (Fsp3) is 0.286. The molecule has 0 amide bonds. The van der Waals surface area contributed by atoms with Gasteiger partial charge in [-0.1, -0.05) is 6.07 Å². The minimum Gasteiger partial charge on any atom is -0.396 e. The van der Waals surface area contributed by atoms with Crippen LogP contribution in [0.1, 0.15) is 22.4 Å². The Hall–Kier alpha value is -2.40. The highest BCUT2D eigenvalue weighted by Gasteiger charge is 2.36. The molecule has 1 N–H and O–H groups in total. The lowest BCUT2D eigenvalue weighted by Gasteiger charge is -2.05. The summed E-state index contributed by atoms with van der Waals surface area (Å²) in [5.74, 6) is -0.688. The number of aromatic nitrogens is 2. The highest BCUT2D eigenvalue weighted by Crippen LogP contribution is 2.31. The normalized spacial score (nSPS) is 11.5. The molecule has 8 heteroatoms. The molecule has 0 radical (unpaired) electrons. The molecule has 22 heavy (non-hydrogen) atoms. The molecule has 0 spiro atoms. The van der Waals surface area contributed by atoms with Gasteiger partial charge in [-0.15, -0.1) is 0 Å². The third-order valence-electron chi connectivity index (χ3n) is 3.00. The molecule has 0 saturated heterocycles. The maximum absolute atomic E-state index is 13.8. The van der Waals surface area contributed by atoms with Gasteiger partial charge in [0, 0.05) is 23.9 Å². The number of halogens is 4. The summed E-state index contributed by atoms with van der Waals surface area (Å²) in [5.41, 5.74) is -0.996. The van der Waals surface area contributed by atoms with Crippen LogP contribution in [0.3, 0.4) is 0 Å². The molecule has 0 saturated carbocycles. The van der Waals surface area contributed by atoms with E-state index in [0.717, 1.165) is 16.9 Å². The van der Waals surface area contributed by atoms with Crippen molar-refractivity contribution < 1.29 is 22.7 Å². The SMILES string of the molecule is N#Cc1ccc(Cn2cc(CCO)c(C(F)(F)F)n2)c(F)c1. The largest absolute Gasteiger partial charge is 0.435 e. The number of alkyl halides is 3. The number of hydrogen-bond acceptors (Lipinski definition) is 3. The molecule has 1 aromatic heterocycles. The van der Waals surface area contributed by atoms with Gasteiger partial charge in [0.05, 0.1) is 18.2 Å². The maximum Gasteiger partial charge on any atom is 0.435 e. The van der Waals surface area contributed by atoms with Crippen molar-refractivity contribution in [2.75, 3.05) is 6.61 Å². The number of aliphatic hydroxyl groups is 1. The third-order valence-corrected chi connectivity index (χ3v) is 3.00. The number of benzene rings is 1. The van der Waals surface area contributed by atoms with E-state index in [1.807, 2.05) is 0 Å². The van der Waals surface area contributed by atoms with Gasteiger partial charge < -0.3 is 5.11 Å². The van der Waals surface area contributed by atoms with Crippen molar-refractivity contribution in [1.82, 2.24) is 9.78 Å². The molecule has 2 aromatic rings. The van der Waals surface area contributed by atoms with Crippen molar-refractivity contribution in [3.63, 3.8) is 0 Å². The average Bonchev–Trinajstić information content (AvgIpc) is 2.84. The van der Waals surface area contributed by atoms with Crippen LogP contribution in [0.15, 0.2) is 24.4 Å². The van der Waals surface area contributed by atoms with Gasteiger partial charge >= 0.3 is 6.18 Å². The van der Waals surface area contributed by atoms with E-state index in [-0.39, 0.29) is 29.7 Å². The molecular weight excluding hydrogens is 302 g/mol. The summed E-state index contributed by atoms with van der Waals surface area (Å²) in [6, 6.07) is 5.49. The van der Waals surface area contributed by atoms with Crippen molar-refractivity contribution in [2.24, 2.45) is 0 Å². The van der Waals surface area contributed by atoms with Crippen LogP contribution >= 0.6 is 0 Å². The van der Waals surface area contributed by atoms with E-state index in [1.165, 1.54) is 12.1 Å². The van der Waals surface area contributed by atoms with Crippen molar-refractivity contribution >= 4 is 0 Å². The van der Waals surface area contributed by atoms with Gasteiger partial charge in [-0.2, -0.15) is 23.5 Å². The molecule has 0 aliphatic heterocycles. The van der Waals surface area contributed by atoms with Crippen LogP contribution in [-0.2, 0) is 19.1 Å². The summed E-state index contributed by atoms with van der Waals surface area (Å²) >= 11 is 0. The number of hydrogen-bond donors (Lipinski definition) is 1. The second kappa shape index (κ2) is 6.15. The average molecular weight is 313 g/mol. The summed E-state index contributed by atoms with van der Waals surface area (Å²) in [6.45, 7) is -0.647. The van der Waals surface area contributed by atoms with E-state index >= 15 is 0 Å². The molecule has 0 atom stereocenters. The van der Waals surface area contributed by atoms with Crippen molar-refractivity contribution in [3.05, 3.63) is 52.6 Å². The Morgan fingerprint density at radius 2 is 2.00 bits per heavy atom. The van der Waals surface area contributed by atoms with Crippen LogP contribution in [0.2, 0.25) is 0 Å². The van der Waals surface area contributed by atoms with Crippen LogP contribution in [0.4, 0.5) is 17.6 Å². The van der Waals surface area contributed by atoms with Crippen molar-refractivity contribution in [3.8, 4) is 6.07 Å². The standard InChI is InChI=1S/C14H11F4N3O/c15-12-5-9(6-19)1-2-10(12)7-21-8-11(3-4-22)13(20-21)14(16,17)18/h1-2,5,8,22H,3-4,7H2. The Balaban J connectivity index is 2.32. The number of rotatable bonds is 4. The van der Waals surface area contributed by atoms with Gasteiger partial charge in [-0.25, -0.2) is 4.39 Å². The Morgan fingerprint density at radius 1 is 1.27 bits per heavy atom. The quantitative estimate of drug-likeness (QED) is 0.882. The monoisotopic (exact) mass is 313 g/mol. The molecule has 1 heterocycles. The molecular formula is C14H11F4N3O. The van der Waals surface area contributed by atoms with E-state index in [4.69, 9.17) is 10.4 Å². The van der Waals surface area contributed by atoms with Gasteiger partial charge in [0.1, 0.15) is 5.82 Å².